The van der Waals surface area contributed by atoms with Crippen LogP contribution in [0.5, 0.6) is 0 Å². The van der Waals surface area contributed by atoms with Gasteiger partial charge in [0.25, 0.3) is 0 Å². The molecule has 0 aliphatic rings. The van der Waals surface area contributed by atoms with Crippen molar-refractivity contribution in [2.75, 3.05) is 31.7 Å². The highest BCUT2D eigenvalue weighted by atomic mass is 35.5. The number of nitrogen functional groups attached to an aromatic ring is 2. The molecule has 0 saturated carbocycles. The Morgan fingerprint density at radius 2 is 1.90 bits per heavy atom. The highest BCUT2D eigenvalue weighted by molar-refractivity contribution is 7.08. The third-order valence-electron chi connectivity index (χ3n) is 2.91. The molecule has 0 atom stereocenters. The lowest BCUT2D eigenvalue weighted by molar-refractivity contribution is 0.199. The molecule has 2 aromatic rings. The van der Waals surface area contributed by atoms with Gasteiger partial charge in [-0.15, -0.1) is 24.8 Å². The second-order valence-corrected chi connectivity index (χ2v) is 5.07. The van der Waals surface area contributed by atoms with Gasteiger partial charge in [0.05, 0.1) is 6.61 Å². The summed E-state index contributed by atoms with van der Waals surface area (Å²) in [6.07, 6.45) is 0. The first kappa shape index (κ1) is 20.0. The molecule has 0 spiro atoms. The third kappa shape index (κ3) is 5.37. The Morgan fingerprint density at radius 1 is 1.14 bits per heavy atom. The van der Waals surface area contributed by atoms with E-state index in [1.807, 2.05) is 18.2 Å². The number of nitrogens with two attached hydrogens (primary N) is 2. The molecule has 4 nitrogen and oxygen atoms in total. The van der Waals surface area contributed by atoms with E-state index in [1.54, 1.807) is 18.4 Å². The summed E-state index contributed by atoms with van der Waals surface area (Å²) in [5.41, 5.74) is 16.8. The molecule has 0 fully saturated rings. The van der Waals surface area contributed by atoms with Crippen LogP contribution in [-0.2, 0) is 11.3 Å². The lowest BCUT2D eigenvalue weighted by Crippen LogP contribution is -2.18. The Kier molecular flexibility index (Phi) is 9.41. The quantitative estimate of drug-likeness (QED) is 0.553. The number of rotatable bonds is 6. The largest absolute Gasteiger partial charge is 0.399 e. The molecule has 0 aliphatic carbocycles. The number of hydrogen-bond acceptors (Lipinski definition) is 5. The predicted octanol–water partition coefficient (Wildman–Crippen LogP) is 3.16. The van der Waals surface area contributed by atoms with Crippen molar-refractivity contribution < 1.29 is 4.74 Å². The van der Waals surface area contributed by atoms with Crippen molar-refractivity contribution in [3.63, 3.8) is 0 Å². The summed E-state index contributed by atoms with van der Waals surface area (Å²) in [6, 6.07) is 5.60. The maximum atomic E-state index is 6.03. The highest BCUT2D eigenvalue weighted by Gasteiger charge is 2.09. The van der Waals surface area contributed by atoms with Crippen molar-refractivity contribution in [1.29, 1.82) is 0 Å². The molecule has 118 valence electrons. The van der Waals surface area contributed by atoms with Crippen molar-refractivity contribution >= 4 is 47.5 Å². The van der Waals surface area contributed by atoms with Crippen LogP contribution in [0.25, 0.3) is 11.1 Å². The van der Waals surface area contributed by atoms with E-state index in [9.17, 15) is 0 Å². The average Bonchev–Trinajstić information content (AvgIpc) is 2.86. The van der Waals surface area contributed by atoms with Gasteiger partial charge in [-0.05, 0) is 40.1 Å². The van der Waals surface area contributed by atoms with Gasteiger partial charge in [-0.1, -0.05) is 0 Å². The van der Waals surface area contributed by atoms with Crippen LogP contribution >= 0.6 is 36.2 Å². The molecule has 0 unspecified atom stereocenters. The number of halogens is 2. The molecular weight excluding hydrogens is 329 g/mol. The van der Waals surface area contributed by atoms with E-state index in [-0.39, 0.29) is 24.8 Å². The first-order valence-corrected chi connectivity index (χ1v) is 7.06. The van der Waals surface area contributed by atoms with E-state index >= 15 is 0 Å². The maximum Gasteiger partial charge on any atom is 0.0587 e. The molecule has 0 amide bonds. The summed E-state index contributed by atoms with van der Waals surface area (Å²) in [7, 11) is 1.70. The summed E-state index contributed by atoms with van der Waals surface area (Å²) in [5, 5.41) is 7.59. The molecule has 5 N–H and O–H groups in total. The molecule has 0 bridgehead atoms. The summed E-state index contributed by atoms with van der Waals surface area (Å²) in [5.74, 6) is 0. The number of hydrogen-bond donors (Lipinski definition) is 3. The Labute approximate surface area is 141 Å². The van der Waals surface area contributed by atoms with Gasteiger partial charge in [0, 0.05) is 37.1 Å². The van der Waals surface area contributed by atoms with Gasteiger partial charge in [0.1, 0.15) is 0 Å². The predicted molar refractivity (Wildman–Crippen MR) is 96.7 cm³/mol. The van der Waals surface area contributed by atoms with Crippen molar-refractivity contribution in [2.24, 2.45) is 0 Å². The van der Waals surface area contributed by atoms with Crippen molar-refractivity contribution in [2.45, 2.75) is 6.54 Å². The van der Waals surface area contributed by atoms with Crippen LogP contribution in [0, 0.1) is 0 Å². The molecular formula is C14H21Cl2N3OS. The molecule has 0 aliphatic heterocycles. The molecule has 1 heterocycles. The number of nitrogens with one attached hydrogen (secondary N) is 1. The van der Waals surface area contributed by atoms with E-state index in [0.717, 1.165) is 35.6 Å². The van der Waals surface area contributed by atoms with Gasteiger partial charge in [-0.3, -0.25) is 0 Å². The molecule has 21 heavy (non-hydrogen) atoms. The monoisotopic (exact) mass is 349 g/mol. The molecule has 7 heteroatoms. The third-order valence-corrected chi connectivity index (χ3v) is 3.70. The lowest BCUT2D eigenvalue weighted by atomic mass is 10.0. The summed E-state index contributed by atoms with van der Waals surface area (Å²) < 4.78 is 5.01. The number of thiophene rings is 1. The van der Waals surface area contributed by atoms with E-state index in [2.05, 4.69) is 16.1 Å². The van der Waals surface area contributed by atoms with Gasteiger partial charge < -0.3 is 21.5 Å². The SMILES string of the molecule is COCCNCc1cscc1-c1cc(N)ccc1N.Cl.Cl. The van der Waals surface area contributed by atoms with Crippen molar-refractivity contribution in [3.05, 3.63) is 34.5 Å². The van der Waals surface area contributed by atoms with Crippen LogP contribution in [0.1, 0.15) is 5.56 Å². The Bertz CT molecular complexity index is 549. The van der Waals surface area contributed by atoms with E-state index < -0.39 is 0 Å². The zero-order valence-electron chi connectivity index (χ0n) is 11.8. The standard InChI is InChI=1S/C14H19N3OS.2ClH/c1-18-5-4-17-7-10-8-19-9-13(10)12-6-11(15)2-3-14(12)16;;/h2-3,6,8-9,17H,4-5,7,15-16H2,1H3;2*1H. The van der Waals surface area contributed by atoms with Gasteiger partial charge in [-0.25, -0.2) is 0 Å². The van der Waals surface area contributed by atoms with Crippen molar-refractivity contribution in [1.82, 2.24) is 5.32 Å². The van der Waals surface area contributed by atoms with Crippen molar-refractivity contribution in [3.8, 4) is 11.1 Å². The highest BCUT2D eigenvalue weighted by Crippen LogP contribution is 2.33. The number of benzene rings is 1. The smallest absolute Gasteiger partial charge is 0.0587 e. The molecule has 2 rings (SSSR count). The molecule has 1 aromatic heterocycles. The molecule has 0 radical (unpaired) electrons. The van der Waals surface area contributed by atoms with Gasteiger partial charge in [0.15, 0.2) is 0 Å². The van der Waals surface area contributed by atoms with Crippen LogP contribution in [0.15, 0.2) is 29.0 Å². The van der Waals surface area contributed by atoms with Crippen LogP contribution in [0.2, 0.25) is 0 Å². The summed E-state index contributed by atoms with van der Waals surface area (Å²) in [4.78, 5) is 0. The molecule has 0 saturated heterocycles. The number of anilines is 2. The summed E-state index contributed by atoms with van der Waals surface area (Å²) in [6.45, 7) is 2.34. The summed E-state index contributed by atoms with van der Waals surface area (Å²) >= 11 is 1.67. The maximum absolute atomic E-state index is 6.03. The normalized spacial score (nSPS) is 9.76. The van der Waals surface area contributed by atoms with Crippen LogP contribution < -0.4 is 16.8 Å². The minimum absolute atomic E-state index is 0. The molecule has 1 aromatic carbocycles. The van der Waals surface area contributed by atoms with Crippen LogP contribution in [-0.4, -0.2) is 20.3 Å². The fourth-order valence-electron chi connectivity index (χ4n) is 1.90. The van der Waals surface area contributed by atoms with Gasteiger partial charge in [-0.2, -0.15) is 11.3 Å². The lowest BCUT2D eigenvalue weighted by Gasteiger charge is -2.09. The van der Waals surface area contributed by atoms with E-state index in [1.165, 1.54) is 5.56 Å². The topological polar surface area (TPSA) is 73.3 Å². The zero-order chi connectivity index (χ0) is 13.7. The first-order valence-electron chi connectivity index (χ1n) is 6.12. The fourth-order valence-corrected chi connectivity index (χ4v) is 2.76. The second-order valence-electron chi connectivity index (χ2n) is 4.33. The van der Waals surface area contributed by atoms with Crippen LogP contribution in [0.4, 0.5) is 11.4 Å². The first-order chi connectivity index (χ1) is 9.22. The fraction of sp³-hybridized carbons (Fsp3) is 0.286. The zero-order valence-corrected chi connectivity index (χ0v) is 14.2. The second kappa shape index (κ2) is 9.87. The van der Waals surface area contributed by atoms with Gasteiger partial charge >= 0.3 is 0 Å². The Hall–Kier alpha value is -0.980. The van der Waals surface area contributed by atoms with E-state index in [0.29, 0.717) is 6.61 Å². The van der Waals surface area contributed by atoms with Gasteiger partial charge in [0.2, 0.25) is 0 Å². The number of methoxy groups -OCH3 is 1. The Balaban J connectivity index is 0.00000200. The average molecular weight is 350 g/mol. The number of ether oxygens (including phenoxy) is 1. The van der Waals surface area contributed by atoms with E-state index in [4.69, 9.17) is 16.2 Å². The minimum Gasteiger partial charge on any atom is -0.399 e. The van der Waals surface area contributed by atoms with Crippen LogP contribution in [0.3, 0.4) is 0 Å². The minimum atomic E-state index is 0. The Morgan fingerprint density at radius 3 is 2.62 bits per heavy atom.